The van der Waals surface area contributed by atoms with Crippen molar-refractivity contribution in [3.05, 3.63) is 71.8 Å². The van der Waals surface area contributed by atoms with E-state index in [9.17, 15) is 24.3 Å². The number of carbonyl (C=O) groups excluding carboxylic acids is 3. The molecule has 3 amide bonds. The minimum Gasteiger partial charge on any atom is -0.480 e. The molecule has 164 valence electrons. The summed E-state index contributed by atoms with van der Waals surface area (Å²) < 4.78 is 0. The van der Waals surface area contributed by atoms with Crippen LogP contribution in [0.3, 0.4) is 0 Å². The highest BCUT2D eigenvalue weighted by Gasteiger charge is 2.27. The monoisotopic (exact) mass is 426 g/mol. The molecule has 0 aliphatic carbocycles. The average molecular weight is 426 g/mol. The Bertz CT molecular complexity index is 889. The molecule has 31 heavy (non-hydrogen) atoms. The second-order valence-electron chi connectivity index (χ2n) is 6.88. The molecule has 6 N–H and O–H groups in total. The van der Waals surface area contributed by atoms with Crippen LogP contribution in [0.25, 0.3) is 0 Å². The van der Waals surface area contributed by atoms with Gasteiger partial charge >= 0.3 is 5.97 Å². The van der Waals surface area contributed by atoms with Gasteiger partial charge in [0.25, 0.3) is 0 Å². The number of nitrogens with one attached hydrogen (secondary N) is 3. The van der Waals surface area contributed by atoms with E-state index in [0.717, 1.165) is 11.1 Å². The highest BCUT2D eigenvalue weighted by Crippen LogP contribution is 2.07. The zero-order valence-electron chi connectivity index (χ0n) is 16.9. The Labute approximate surface area is 180 Å². The highest BCUT2D eigenvalue weighted by molar-refractivity contribution is 5.92. The Hall–Kier alpha value is -3.72. The molecular formula is C22H26N4O5. The quantitative estimate of drug-likeness (QED) is 0.330. The van der Waals surface area contributed by atoms with E-state index in [2.05, 4.69) is 16.0 Å². The molecule has 2 aromatic carbocycles. The number of benzene rings is 2. The molecule has 2 atom stereocenters. The zero-order valence-corrected chi connectivity index (χ0v) is 16.9. The van der Waals surface area contributed by atoms with Crippen LogP contribution in [-0.4, -0.2) is 54.0 Å². The Kier molecular flexibility index (Phi) is 9.18. The van der Waals surface area contributed by atoms with Crippen molar-refractivity contribution in [2.75, 3.05) is 13.1 Å². The van der Waals surface area contributed by atoms with Gasteiger partial charge in [0.05, 0.1) is 13.1 Å². The number of carboxylic acids is 1. The number of hydrogen-bond acceptors (Lipinski definition) is 5. The minimum atomic E-state index is -1.18. The van der Waals surface area contributed by atoms with Gasteiger partial charge in [-0.25, -0.2) is 4.79 Å². The van der Waals surface area contributed by atoms with Crippen molar-refractivity contribution in [2.24, 2.45) is 5.73 Å². The third-order valence-corrected chi connectivity index (χ3v) is 4.46. The summed E-state index contributed by atoms with van der Waals surface area (Å²) in [6.45, 7) is -0.609. The van der Waals surface area contributed by atoms with E-state index in [1.54, 1.807) is 48.5 Å². The van der Waals surface area contributed by atoms with E-state index in [4.69, 9.17) is 5.73 Å². The Morgan fingerprint density at radius 1 is 0.774 bits per heavy atom. The summed E-state index contributed by atoms with van der Waals surface area (Å²) in [5.74, 6) is -2.91. The molecular weight excluding hydrogens is 400 g/mol. The zero-order chi connectivity index (χ0) is 22.6. The summed E-state index contributed by atoms with van der Waals surface area (Å²) in [5.41, 5.74) is 6.73. The molecule has 0 aliphatic rings. The van der Waals surface area contributed by atoms with Gasteiger partial charge in [-0.1, -0.05) is 60.7 Å². The van der Waals surface area contributed by atoms with Crippen molar-refractivity contribution < 1.29 is 24.3 Å². The van der Waals surface area contributed by atoms with Crippen molar-refractivity contribution in [1.29, 1.82) is 0 Å². The maximum Gasteiger partial charge on any atom is 0.326 e. The number of hydrogen-bond donors (Lipinski definition) is 5. The Morgan fingerprint density at radius 2 is 1.29 bits per heavy atom. The summed E-state index contributed by atoms with van der Waals surface area (Å²) in [6.07, 6.45) is 0.251. The lowest BCUT2D eigenvalue weighted by molar-refractivity contribution is -0.142. The van der Waals surface area contributed by atoms with Gasteiger partial charge in [0.2, 0.25) is 17.7 Å². The predicted octanol–water partition coefficient (Wildman–Crippen LogP) is -0.399. The van der Waals surface area contributed by atoms with E-state index in [-0.39, 0.29) is 25.9 Å². The topological polar surface area (TPSA) is 151 Å². The standard InChI is InChI=1S/C22H26N4O5/c23-13-19(27)24-14-20(28)25-17(11-15-7-3-1-4-8-15)21(29)26-18(22(30)31)12-16-9-5-2-6-10-16/h1-10,17-18H,11-14,23H2,(H,24,27)(H,25,28)(H,26,29)(H,30,31)/t17-,18-/m1/s1. The molecule has 9 nitrogen and oxygen atoms in total. The van der Waals surface area contributed by atoms with Crippen LogP contribution in [0.2, 0.25) is 0 Å². The summed E-state index contributed by atoms with van der Waals surface area (Å²) in [4.78, 5) is 48.1. The molecule has 0 saturated heterocycles. The number of rotatable bonds is 11. The van der Waals surface area contributed by atoms with Crippen LogP contribution in [0.5, 0.6) is 0 Å². The van der Waals surface area contributed by atoms with Crippen molar-refractivity contribution in [3.8, 4) is 0 Å². The smallest absolute Gasteiger partial charge is 0.326 e. The fourth-order valence-electron chi connectivity index (χ4n) is 2.88. The van der Waals surface area contributed by atoms with Crippen LogP contribution in [0.15, 0.2) is 60.7 Å². The van der Waals surface area contributed by atoms with E-state index in [0.29, 0.717) is 0 Å². The number of aliphatic carboxylic acids is 1. The molecule has 0 saturated carbocycles. The predicted molar refractivity (Wildman–Crippen MR) is 114 cm³/mol. The van der Waals surface area contributed by atoms with Crippen LogP contribution in [-0.2, 0) is 32.0 Å². The van der Waals surface area contributed by atoms with Gasteiger partial charge in [0, 0.05) is 12.8 Å². The van der Waals surface area contributed by atoms with Crippen LogP contribution in [0.4, 0.5) is 0 Å². The number of carbonyl (C=O) groups is 4. The van der Waals surface area contributed by atoms with Crippen LogP contribution in [0, 0.1) is 0 Å². The van der Waals surface area contributed by atoms with Crippen molar-refractivity contribution in [3.63, 3.8) is 0 Å². The molecule has 0 radical (unpaired) electrons. The molecule has 0 aliphatic heterocycles. The van der Waals surface area contributed by atoms with Gasteiger partial charge in [0.1, 0.15) is 12.1 Å². The first-order valence-electron chi connectivity index (χ1n) is 9.76. The minimum absolute atomic E-state index is 0.0977. The normalized spacial score (nSPS) is 12.3. The first-order valence-corrected chi connectivity index (χ1v) is 9.76. The van der Waals surface area contributed by atoms with E-state index in [1.807, 2.05) is 12.1 Å². The lowest BCUT2D eigenvalue weighted by Gasteiger charge is -2.22. The molecule has 0 aromatic heterocycles. The third kappa shape index (κ3) is 8.27. The molecule has 0 heterocycles. The van der Waals surface area contributed by atoms with Gasteiger partial charge in [0.15, 0.2) is 0 Å². The number of nitrogens with two attached hydrogens (primary N) is 1. The molecule has 0 unspecified atom stereocenters. The lowest BCUT2D eigenvalue weighted by Crippen LogP contribution is -2.54. The summed E-state index contributed by atoms with van der Waals surface area (Å²) >= 11 is 0. The highest BCUT2D eigenvalue weighted by atomic mass is 16.4. The van der Waals surface area contributed by atoms with E-state index >= 15 is 0 Å². The van der Waals surface area contributed by atoms with Crippen LogP contribution >= 0.6 is 0 Å². The van der Waals surface area contributed by atoms with Gasteiger partial charge in [-0.3, -0.25) is 14.4 Å². The SMILES string of the molecule is NCC(=O)NCC(=O)N[C@H](Cc1ccccc1)C(=O)N[C@H](Cc1ccccc1)C(=O)O. The number of amides is 3. The van der Waals surface area contributed by atoms with E-state index < -0.39 is 35.8 Å². The maximum atomic E-state index is 12.9. The van der Waals surface area contributed by atoms with Gasteiger partial charge in [-0.05, 0) is 11.1 Å². The largest absolute Gasteiger partial charge is 0.480 e. The Morgan fingerprint density at radius 3 is 1.77 bits per heavy atom. The van der Waals surface area contributed by atoms with Crippen molar-refractivity contribution in [2.45, 2.75) is 24.9 Å². The molecule has 0 bridgehead atoms. The fraction of sp³-hybridized carbons (Fsp3) is 0.273. The first-order chi connectivity index (χ1) is 14.9. The summed E-state index contributed by atoms with van der Waals surface area (Å²) in [7, 11) is 0. The second-order valence-corrected chi connectivity index (χ2v) is 6.88. The Balaban J connectivity index is 2.10. The van der Waals surface area contributed by atoms with Gasteiger partial charge < -0.3 is 26.8 Å². The summed E-state index contributed by atoms with van der Waals surface area (Å²) in [5, 5.41) is 16.9. The fourth-order valence-corrected chi connectivity index (χ4v) is 2.88. The molecule has 0 spiro atoms. The first kappa shape index (κ1) is 23.6. The maximum absolute atomic E-state index is 12.9. The molecule has 2 rings (SSSR count). The second kappa shape index (κ2) is 12.1. The lowest BCUT2D eigenvalue weighted by atomic mass is 10.0. The van der Waals surface area contributed by atoms with E-state index in [1.165, 1.54) is 0 Å². The van der Waals surface area contributed by atoms with Gasteiger partial charge in [-0.2, -0.15) is 0 Å². The molecule has 0 fully saturated rings. The van der Waals surface area contributed by atoms with Crippen molar-refractivity contribution in [1.82, 2.24) is 16.0 Å². The third-order valence-electron chi connectivity index (χ3n) is 4.46. The van der Waals surface area contributed by atoms with Crippen LogP contribution in [0.1, 0.15) is 11.1 Å². The van der Waals surface area contributed by atoms with Crippen LogP contribution < -0.4 is 21.7 Å². The average Bonchev–Trinajstić information content (AvgIpc) is 2.77. The molecule has 9 heteroatoms. The summed E-state index contributed by atoms with van der Waals surface area (Å²) in [6, 6.07) is 15.7. The van der Waals surface area contributed by atoms with Crippen molar-refractivity contribution >= 4 is 23.7 Å². The van der Waals surface area contributed by atoms with Gasteiger partial charge in [-0.15, -0.1) is 0 Å². The number of carboxylic acid groups (broad SMARTS) is 1. The molecule has 2 aromatic rings.